The maximum Gasteiger partial charge on any atom is 0.254 e. The average Bonchev–Trinajstić information content (AvgIpc) is 2.37. The standard InChI is InChI=1S/C13H17ClN2O2/c1-16(11-5-3-2-4-10(11)14)13(18)9-6-7-15-12(17)8-9/h6-8,10-11H,2-5H2,1H3,(H,15,17). The number of carbonyl (C=O) groups is 1. The zero-order chi connectivity index (χ0) is 13.1. The lowest BCUT2D eigenvalue weighted by Gasteiger charge is -2.34. The normalized spacial score (nSPS) is 23.7. The molecule has 0 aromatic carbocycles. The molecule has 98 valence electrons. The second-order valence-electron chi connectivity index (χ2n) is 4.73. The predicted molar refractivity (Wildman–Crippen MR) is 71.1 cm³/mol. The van der Waals surface area contributed by atoms with Crippen molar-refractivity contribution in [2.24, 2.45) is 0 Å². The van der Waals surface area contributed by atoms with Gasteiger partial charge in [-0.05, 0) is 18.9 Å². The summed E-state index contributed by atoms with van der Waals surface area (Å²) in [6, 6.07) is 3.00. The highest BCUT2D eigenvalue weighted by molar-refractivity contribution is 6.21. The van der Waals surface area contributed by atoms with E-state index in [2.05, 4.69) is 4.98 Å². The second-order valence-corrected chi connectivity index (χ2v) is 5.29. The van der Waals surface area contributed by atoms with Gasteiger partial charge in [0, 0.05) is 30.9 Å². The van der Waals surface area contributed by atoms with Gasteiger partial charge < -0.3 is 9.88 Å². The summed E-state index contributed by atoms with van der Waals surface area (Å²) in [5, 5.41) is 0.00898. The molecular formula is C13H17ClN2O2. The number of pyridine rings is 1. The van der Waals surface area contributed by atoms with Gasteiger partial charge in [0.05, 0.1) is 5.38 Å². The topological polar surface area (TPSA) is 53.2 Å². The van der Waals surface area contributed by atoms with Gasteiger partial charge in [-0.1, -0.05) is 12.8 Å². The van der Waals surface area contributed by atoms with Crippen LogP contribution in [-0.2, 0) is 0 Å². The van der Waals surface area contributed by atoms with Crippen LogP contribution in [0.5, 0.6) is 0 Å². The van der Waals surface area contributed by atoms with Crippen LogP contribution in [0.4, 0.5) is 0 Å². The van der Waals surface area contributed by atoms with Gasteiger partial charge in [0.25, 0.3) is 5.91 Å². The Morgan fingerprint density at radius 1 is 1.44 bits per heavy atom. The van der Waals surface area contributed by atoms with E-state index in [1.165, 1.54) is 12.3 Å². The molecule has 0 aliphatic heterocycles. The summed E-state index contributed by atoms with van der Waals surface area (Å²) >= 11 is 6.28. The van der Waals surface area contributed by atoms with Gasteiger partial charge >= 0.3 is 0 Å². The first-order valence-electron chi connectivity index (χ1n) is 6.19. The maximum atomic E-state index is 12.3. The van der Waals surface area contributed by atoms with Gasteiger partial charge in [-0.25, -0.2) is 0 Å². The molecule has 1 heterocycles. The first-order chi connectivity index (χ1) is 8.59. The molecule has 5 heteroatoms. The van der Waals surface area contributed by atoms with Crippen LogP contribution < -0.4 is 5.56 Å². The minimum Gasteiger partial charge on any atom is -0.337 e. The molecule has 1 amide bonds. The fourth-order valence-corrected chi connectivity index (χ4v) is 2.88. The number of alkyl halides is 1. The molecule has 1 aliphatic carbocycles. The Balaban J connectivity index is 2.15. The summed E-state index contributed by atoms with van der Waals surface area (Å²) in [5.74, 6) is -0.140. The molecule has 2 atom stereocenters. The first kappa shape index (κ1) is 13.1. The quantitative estimate of drug-likeness (QED) is 0.834. The number of nitrogens with one attached hydrogen (secondary N) is 1. The van der Waals surface area contributed by atoms with Crippen LogP contribution in [0.1, 0.15) is 36.0 Å². The lowest BCUT2D eigenvalue weighted by molar-refractivity contribution is 0.0700. The highest BCUT2D eigenvalue weighted by Gasteiger charge is 2.29. The molecular weight excluding hydrogens is 252 g/mol. The number of nitrogens with zero attached hydrogens (tertiary/aromatic N) is 1. The third-order valence-corrected chi connectivity index (χ3v) is 4.00. The number of halogens is 1. The Labute approximate surface area is 111 Å². The van der Waals surface area contributed by atoms with E-state index in [4.69, 9.17) is 11.6 Å². The highest BCUT2D eigenvalue weighted by Crippen LogP contribution is 2.27. The van der Waals surface area contributed by atoms with Crippen LogP contribution in [0.3, 0.4) is 0 Å². The van der Waals surface area contributed by atoms with E-state index < -0.39 is 0 Å². The molecule has 0 radical (unpaired) electrons. The zero-order valence-corrected chi connectivity index (χ0v) is 11.1. The van der Waals surface area contributed by atoms with Crippen LogP contribution >= 0.6 is 11.6 Å². The highest BCUT2D eigenvalue weighted by atomic mass is 35.5. The molecule has 2 unspecified atom stereocenters. The number of hydrogen-bond acceptors (Lipinski definition) is 2. The van der Waals surface area contributed by atoms with E-state index >= 15 is 0 Å². The SMILES string of the molecule is CN(C(=O)c1cc[nH]c(=O)c1)C1CCCCC1Cl. The lowest BCUT2D eigenvalue weighted by Crippen LogP contribution is -2.44. The van der Waals surface area contributed by atoms with Gasteiger partial charge in [0.1, 0.15) is 0 Å². The summed E-state index contributed by atoms with van der Waals surface area (Å²) in [7, 11) is 1.76. The number of rotatable bonds is 2. The molecule has 1 saturated carbocycles. The molecule has 1 aromatic heterocycles. The second kappa shape index (κ2) is 5.57. The third kappa shape index (κ3) is 2.75. The van der Waals surface area contributed by atoms with E-state index in [9.17, 15) is 9.59 Å². The molecule has 1 N–H and O–H groups in total. The van der Waals surface area contributed by atoms with Crippen molar-refractivity contribution in [1.82, 2.24) is 9.88 Å². The minimum absolute atomic E-state index is 0.00898. The van der Waals surface area contributed by atoms with Crippen LogP contribution in [0.15, 0.2) is 23.1 Å². The largest absolute Gasteiger partial charge is 0.337 e. The number of H-pyrrole nitrogens is 1. The molecule has 1 aliphatic rings. The van der Waals surface area contributed by atoms with E-state index in [0.29, 0.717) is 5.56 Å². The van der Waals surface area contributed by atoms with Gasteiger partial charge in [0.15, 0.2) is 0 Å². The van der Waals surface area contributed by atoms with Crippen molar-refractivity contribution in [2.45, 2.75) is 37.1 Å². The van der Waals surface area contributed by atoms with Gasteiger partial charge in [-0.15, -0.1) is 11.6 Å². The van der Waals surface area contributed by atoms with E-state index in [0.717, 1.165) is 25.7 Å². The average molecular weight is 269 g/mol. The van der Waals surface area contributed by atoms with Crippen molar-refractivity contribution in [3.63, 3.8) is 0 Å². The van der Waals surface area contributed by atoms with Crippen LogP contribution in [-0.4, -0.2) is 34.3 Å². The maximum absolute atomic E-state index is 12.3. The summed E-state index contributed by atoms with van der Waals surface area (Å²) in [6.45, 7) is 0. The smallest absolute Gasteiger partial charge is 0.254 e. The fraction of sp³-hybridized carbons (Fsp3) is 0.538. The minimum atomic E-state index is -0.264. The zero-order valence-electron chi connectivity index (χ0n) is 10.4. The molecule has 0 spiro atoms. The molecule has 1 fully saturated rings. The van der Waals surface area contributed by atoms with E-state index in [1.807, 2.05) is 0 Å². The summed E-state index contributed by atoms with van der Waals surface area (Å²) in [6.07, 6.45) is 5.58. The Bertz CT molecular complexity index is 486. The van der Waals surface area contributed by atoms with E-state index in [1.54, 1.807) is 18.0 Å². The van der Waals surface area contributed by atoms with Crippen molar-refractivity contribution in [2.75, 3.05) is 7.05 Å². The van der Waals surface area contributed by atoms with Crippen LogP contribution in [0, 0.1) is 0 Å². The molecule has 4 nitrogen and oxygen atoms in total. The lowest BCUT2D eigenvalue weighted by atomic mass is 9.93. The summed E-state index contributed by atoms with van der Waals surface area (Å²) < 4.78 is 0. The van der Waals surface area contributed by atoms with Crippen molar-refractivity contribution < 1.29 is 4.79 Å². The van der Waals surface area contributed by atoms with Crippen molar-refractivity contribution >= 4 is 17.5 Å². The number of aromatic nitrogens is 1. The summed E-state index contributed by atoms with van der Waals surface area (Å²) in [5.41, 5.74) is 0.149. The third-order valence-electron chi connectivity index (χ3n) is 3.49. The van der Waals surface area contributed by atoms with Crippen molar-refractivity contribution in [1.29, 1.82) is 0 Å². The van der Waals surface area contributed by atoms with Gasteiger partial charge in [-0.2, -0.15) is 0 Å². The molecule has 18 heavy (non-hydrogen) atoms. The van der Waals surface area contributed by atoms with Gasteiger partial charge in [-0.3, -0.25) is 9.59 Å². The van der Waals surface area contributed by atoms with Crippen molar-refractivity contribution in [3.05, 3.63) is 34.2 Å². The number of aromatic amines is 1. The number of carbonyl (C=O) groups excluding carboxylic acids is 1. The Hall–Kier alpha value is -1.29. The Morgan fingerprint density at radius 2 is 2.17 bits per heavy atom. The monoisotopic (exact) mass is 268 g/mol. The van der Waals surface area contributed by atoms with E-state index in [-0.39, 0.29) is 22.9 Å². The molecule has 1 aromatic rings. The van der Waals surface area contributed by atoms with Crippen LogP contribution in [0.25, 0.3) is 0 Å². The van der Waals surface area contributed by atoms with Crippen LogP contribution in [0.2, 0.25) is 0 Å². The number of amides is 1. The van der Waals surface area contributed by atoms with Crippen molar-refractivity contribution in [3.8, 4) is 0 Å². The first-order valence-corrected chi connectivity index (χ1v) is 6.63. The Kier molecular flexibility index (Phi) is 4.07. The fourth-order valence-electron chi connectivity index (χ4n) is 2.43. The van der Waals surface area contributed by atoms with Gasteiger partial charge in [0.2, 0.25) is 5.56 Å². The molecule has 0 bridgehead atoms. The molecule has 2 rings (SSSR count). The predicted octanol–water partition coefficient (Wildman–Crippen LogP) is 2.00. The Morgan fingerprint density at radius 3 is 2.83 bits per heavy atom. The number of hydrogen-bond donors (Lipinski definition) is 1. The summed E-state index contributed by atoms with van der Waals surface area (Å²) in [4.78, 5) is 27.6. The molecule has 0 saturated heterocycles.